The first-order valence-corrected chi connectivity index (χ1v) is 5.73. The van der Waals surface area contributed by atoms with Gasteiger partial charge in [0.1, 0.15) is 0 Å². The van der Waals surface area contributed by atoms with E-state index in [0.717, 1.165) is 10.2 Å². The highest BCUT2D eigenvalue weighted by atomic mass is 35.5. The number of aromatic nitrogens is 1. The summed E-state index contributed by atoms with van der Waals surface area (Å²) in [5.74, 6) is 0. The zero-order chi connectivity index (χ0) is 10.3. The van der Waals surface area contributed by atoms with E-state index in [9.17, 15) is 0 Å². The van der Waals surface area contributed by atoms with Gasteiger partial charge in [-0.15, -0.1) is 11.3 Å². The summed E-state index contributed by atoms with van der Waals surface area (Å²) in [4.78, 5) is 4.27. The van der Waals surface area contributed by atoms with E-state index in [1.165, 1.54) is 16.9 Å². The third kappa shape index (κ3) is 1.77. The van der Waals surface area contributed by atoms with Crippen molar-refractivity contribution in [1.82, 2.24) is 4.98 Å². The van der Waals surface area contributed by atoms with Crippen molar-refractivity contribution in [1.29, 1.82) is 0 Å². The number of halogens is 1. The van der Waals surface area contributed by atoms with Crippen molar-refractivity contribution >= 4 is 33.2 Å². The van der Waals surface area contributed by atoms with Gasteiger partial charge in [0, 0.05) is 0 Å². The molecule has 14 heavy (non-hydrogen) atoms. The van der Waals surface area contributed by atoms with Gasteiger partial charge in [0.2, 0.25) is 0 Å². The Kier molecular flexibility index (Phi) is 2.28. The van der Waals surface area contributed by atoms with E-state index in [1.807, 2.05) is 0 Å². The Morgan fingerprint density at radius 1 is 1.29 bits per heavy atom. The van der Waals surface area contributed by atoms with Crippen LogP contribution in [0.25, 0.3) is 10.2 Å². The van der Waals surface area contributed by atoms with Crippen LogP contribution in [0.5, 0.6) is 0 Å². The average molecular weight is 226 g/mol. The van der Waals surface area contributed by atoms with Crippen LogP contribution in [0.4, 0.5) is 0 Å². The number of thiazole rings is 1. The molecule has 1 aromatic carbocycles. The van der Waals surface area contributed by atoms with Crippen LogP contribution in [0, 0.1) is 0 Å². The van der Waals surface area contributed by atoms with E-state index in [0.29, 0.717) is 4.47 Å². The molecule has 74 valence electrons. The van der Waals surface area contributed by atoms with Crippen LogP contribution < -0.4 is 0 Å². The van der Waals surface area contributed by atoms with Gasteiger partial charge < -0.3 is 0 Å². The van der Waals surface area contributed by atoms with E-state index in [1.54, 1.807) is 0 Å². The number of nitrogens with zero attached hydrogens (tertiary/aromatic N) is 1. The molecule has 0 fully saturated rings. The SMILES string of the molecule is CC(C)(C)c1ccc2sc(Cl)nc2c1. The molecule has 0 saturated carbocycles. The van der Waals surface area contributed by atoms with Gasteiger partial charge in [-0.1, -0.05) is 38.4 Å². The van der Waals surface area contributed by atoms with Crippen molar-refractivity contribution in [2.45, 2.75) is 26.2 Å². The maximum atomic E-state index is 5.86. The first-order chi connectivity index (χ1) is 6.47. The van der Waals surface area contributed by atoms with Crippen molar-refractivity contribution in [2.24, 2.45) is 0 Å². The minimum Gasteiger partial charge on any atom is -0.225 e. The molecule has 0 aliphatic rings. The summed E-state index contributed by atoms with van der Waals surface area (Å²) >= 11 is 7.38. The van der Waals surface area contributed by atoms with Crippen LogP contribution in [0.15, 0.2) is 18.2 Å². The summed E-state index contributed by atoms with van der Waals surface area (Å²) in [6, 6.07) is 6.37. The number of rotatable bonds is 0. The lowest BCUT2D eigenvalue weighted by molar-refractivity contribution is 0.591. The molecule has 0 aliphatic carbocycles. The minimum absolute atomic E-state index is 0.171. The number of benzene rings is 1. The zero-order valence-corrected chi connectivity index (χ0v) is 10.0. The van der Waals surface area contributed by atoms with Crippen LogP contribution in [-0.4, -0.2) is 4.98 Å². The Labute approximate surface area is 92.7 Å². The van der Waals surface area contributed by atoms with E-state index in [4.69, 9.17) is 11.6 Å². The molecule has 0 amide bonds. The lowest BCUT2D eigenvalue weighted by Crippen LogP contribution is -2.10. The molecule has 0 spiro atoms. The van der Waals surface area contributed by atoms with E-state index >= 15 is 0 Å². The summed E-state index contributed by atoms with van der Waals surface area (Å²) in [5.41, 5.74) is 2.48. The fraction of sp³-hybridized carbons (Fsp3) is 0.364. The molecule has 1 heterocycles. The van der Waals surface area contributed by atoms with E-state index < -0.39 is 0 Å². The molecule has 2 rings (SSSR count). The third-order valence-corrected chi connectivity index (χ3v) is 3.37. The fourth-order valence-corrected chi connectivity index (χ4v) is 2.38. The molecule has 0 atom stereocenters. The molecule has 1 nitrogen and oxygen atoms in total. The van der Waals surface area contributed by atoms with E-state index in [-0.39, 0.29) is 5.41 Å². The third-order valence-electron chi connectivity index (χ3n) is 2.23. The second-order valence-electron chi connectivity index (χ2n) is 4.40. The Morgan fingerprint density at radius 3 is 2.64 bits per heavy atom. The maximum Gasteiger partial charge on any atom is 0.184 e. The van der Waals surface area contributed by atoms with Gasteiger partial charge in [0.25, 0.3) is 0 Å². The summed E-state index contributed by atoms with van der Waals surface area (Å²) in [6.45, 7) is 6.59. The van der Waals surface area contributed by atoms with Crippen LogP contribution in [0.2, 0.25) is 4.47 Å². The van der Waals surface area contributed by atoms with Gasteiger partial charge in [-0.25, -0.2) is 4.98 Å². The molecular formula is C11H12ClNS. The number of hydrogen-bond acceptors (Lipinski definition) is 2. The lowest BCUT2D eigenvalue weighted by Gasteiger charge is -2.18. The van der Waals surface area contributed by atoms with Crippen LogP contribution in [0.3, 0.4) is 0 Å². The highest BCUT2D eigenvalue weighted by Crippen LogP contribution is 2.30. The van der Waals surface area contributed by atoms with Crippen LogP contribution >= 0.6 is 22.9 Å². The summed E-state index contributed by atoms with van der Waals surface area (Å²) in [6.07, 6.45) is 0. The lowest BCUT2D eigenvalue weighted by atomic mass is 9.87. The predicted octanol–water partition coefficient (Wildman–Crippen LogP) is 4.25. The van der Waals surface area contributed by atoms with E-state index in [2.05, 4.69) is 44.0 Å². The molecule has 0 saturated heterocycles. The molecular weight excluding hydrogens is 214 g/mol. The Hall–Kier alpha value is -0.600. The minimum atomic E-state index is 0.171. The second-order valence-corrected chi connectivity index (χ2v) is 6.01. The largest absolute Gasteiger partial charge is 0.225 e. The highest BCUT2D eigenvalue weighted by molar-refractivity contribution is 7.22. The van der Waals surface area contributed by atoms with Crippen molar-refractivity contribution in [2.75, 3.05) is 0 Å². The topological polar surface area (TPSA) is 12.9 Å². The molecule has 2 aromatic rings. The molecule has 0 bridgehead atoms. The van der Waals surface area contributed by atoms with Crippen molar-refractivity contribution in [3.05, 3.63) is 28.2 Å². The predicted molar refractivity (Wildman–Crippen MR) is 63.3 cm³/mol. The first-order valence-electron chi connectivity index (χ1n) is 4.53. The summed E-state index contributed by atoms with van der Waals surface area (Å²) < 4.78 is 1.77. The van der Waals surface area contributed by atoms with Gasteiger partial charge in [-0.2, -0.15) is 0 Å². The van der Waals surface area contributed by atoms with Crippen molar-refractivity contribution in [3.8, 4) is 0 Å². The number of fused-ring (bicyclic) bond motifs is 1. The monoisotopic (exact) mass is 225 g/mol. The van der Waals surface area contributed by atoms with Gasteiger partial charge in [-0.05, 0) is 23.1 Å². The van der Waals surface area contributed by atoms with Gasteiger partial charge in [-0.3, -0.25) is 0 Å². The van der Waals surface area contributed by atoms with Crippen molar-refractivity contribution < 1.29 is 0 Å². The second kappa shape index (κ2) is 3.21. The first kappa shape index (κ1) is 9.94. The average Bonchev–Trinajstić information content (AvgIpc) is 2.41. The van der Waals surface area contributed by atoms with Gasteiger partial charge in [0.05, 0.1) is 10.2 Å². The molecule has 0 aliphatic heterocycles. The Bertz CT molecular complexity index is 468. The quantitative estimate of drug-likeness (QED) is 0.653. The molecule has 1 aromatic heterocycles. The smallest absolute Gasteiger partial charge is 0.184 e. The van der Waals surface area contributed by atoms with Crippen LogP contribution in [0.1, 0.15) is 26.3 Å². The Balaban J connectivity index is 2.62. The summed E-state index contributed by atoms with van der Waals surface area (Å²) in [5, 5.41) is 0. The maximum absolute atomic E-state index is 5.86. The van der Waals surface area contributed by atoms with Gasteiger partial charge in [0.15, 0.2) is 4.47 Å². The normalized spacial score (nSPS) is 12.3. The van der Waals surface area contributed by atoms with Gasteiger partial charge >= 0.3 is 0 Å². The zero-order valence-electron chi connectivity index (χ0n) is 8.47. The molecule has 0 N–H and O–H groups in total. The summed E-state index contributed by atoms with van der Waals surface area (Å²) in [7, 11) is 0. The molecule has 3 heteroatoms. The Morgan fingerprint density at radius 2 is 2.00 bits per heavy atom. The highest BCUT2D eigenvalue weighted by Gasteiger charge is 2.14. The van der Waals surface area contributed by atoms with Crippen LogP contribution in [-0.2, 0) is 5.41 Å². The molecule has 0 unspecified atom stereocenters. The standard InChI is InChI=1S/C11H12ClNS/c1-11(2,3)7-4-5-9-8(6-7)13-10(12)14-9/h4-6H,1-3H3. The number of hydrogen-bond donors (Lipinski definition) is 0. The van der Waals surface area contributed by atoms with Crippen molar-refractivity contribution in [3.63, 3.8) is 0 Å². The molecule has 0 radical (unpaired) electrons. The fourth-order valence-electron chi connectivity index (χ4n) is 1.37.